The monoisotopic (exact) mass is 272 g/mol. The van der Waals surface area contributed by atoms with E-state index < -0.39 is 0 Å². The largest absolute Gasteiger partial charge is 0.326 e. The van der Waals surface area contributed by atoms with Crippen LogP contribution in [0.1, 0.15) is 11.1 Å². The fraction of sp³-hybridized carbons (Fsp3) is 0.188. The fourth-order valence-corrected chi connectivity index (χ4v) is 1.90. The van der Waals surface area contributed by atoms with Crippen molar-refractivity contribution in [2.75, 3.05) is 11.9 Å². The van der Waals surface area contributed by atoms with E-state index in [1.807, 2.05) is 24.3 Å². The van der Waals surface area contributed by atoms with Gasteiger partial charge in [0.1, 0.15) is 5.82 Å². The molecule has 2 aromatic carbocycles. The third kappa shape index (κ3) is 3.42. The van der Waals surface area contributed by atoms with Crippen molar-refractivity contribution >= 4 is 11.6 Å². The number of benzene rings is 2. The lowest BCUT2D eigenvalue weighted by molar-refractivity contribution is -0.117. The van der Waals surface area contributed by atoms with E-state index in [0.29, 0.717) is 6.54 Å². The van der Waals surface area contributed by atoms with Crippen molar-refractivity contribution in [1.29, 1.82) is 0 Å². The number of likely N-dealkylation sites (N-methyl/N-ethyl adjacent to an activating group) is 1. The summed E-state index contributed by atoms with van der Waals surface area (Å²) < 4.78 is 12.8. The number of amides is 1. The zero-order valence-corrected chi connectivity index (χ0v) is 11.3. The first-order valence-corrected chi connectivity index (χ1v) is 6.40. The highest BCUT2D eigenvalue weighted by Gasteiger charge is 2.11. The predicted octanol–water partition coefficient (Wildman–Crippen LogP) is 2.49. The Morgan fingerprint density at radius 2 is 1.60 bits per heavy atom. The normalized spacial score (nSPS) is 10.3. The molecule has 0 saturated carbocycles. The molecule has 2 rings (SSSR count). The highest BCUT2D eigenvalue weighted by Crippen LogP contribution is 2.15. The first-order valence-electron chi connectivity index (χ1n) is 6.40. The Morgan fingerprint density at radius 3 is 2.15 bits per heavy atom. The summed E-state index contributed by atoms with van der Waals surface area (Å²) in [6.45, 7) is 0.480. The Labute approximate surface area is 117 Å². The van der Waals surface area contributed by atoms with E-state index in [1.165, 1.54) is 12.1 Å². The van der Waals surface area contributed by atoms with Gasteiger partial charge in [-0.2, -0.15) is 0 Å². The summed E-state index contributed by atoms with van der Waals surface area (Å²) in [6.07, 6.45) is 0.245. The third-order valence-corrected chi connectivity index (χ3v) is 3.20. The molecule has 0 radical (unpaired) electrons. The van der Waals surface area contributed by atoms with E-state index in [2.05, 4.69) is 0 Å². The number of hydrogen-bond acceptors (Lipinski definition) is 2. The highest BCUT2D eigenvalue weighted by molar-refractivity contribution is 5.94. The molecular weight excluding hydrogens is 255 g/mol. The summed E-state index contributed by atoms with van der Waals surface area (Å²) in [5.41, 5.74) is 8.17. The van der Waals surface area contributed by atoms with Crippen LogP contribution in [0.4, 0.5) is 10.1 Å². The minimum atomic E-state index is -0.299. The van der Waals surface area contributed by atoms with Crippen molar-refractivity contribution in [2.45, 2.75) is 13.0 Å². The maximum Gasteiger partial charge on any atom is 0.231 e. The van der Waals surface area contributed by atoms with Gasteiger partial charge in [-0.3, -0.25) is 4.79 Å². The van der Waals surface area contributed by atoms with Crippen LogP contribution in [0.3, 0.4) is 0 Å². The molecule has 0 unspecified atom stereocenters. The van der Waals surface area contributed by atoms with Gasteiger partial charge in [0.25, 0.3) is 0 Å². The molecule has 0 atom stereocenters. The van der Waals surface area contributed by atoms with Gasteiger partial charge in [0.15, 0.2) is 0 Å². The molecule has 4 heteroatoms. The topological polar surface area (TPSA) is 46.3 Å². The highest BCUT2D eigenvalue weighted by atomic mass is 19.1. The van der Waals surface area contributed by atoms with Crippen molar-refractivity contribution < 1.29 is 9.18 Å². The Hall–Kier alpha value is -2.20. The quantitative estimate of drug-likeness (QED) is 0.929. The van der Waals surface area contributed by atoms with Crippen molar-refractivity contribution in [1.82, 2.24) is 0 Å². The van der Waals surface area contributed by atoms with E-state index in [-0.39, 0.29) is 18.1 Å². The molecule has 0 saturated heterocycles. The number of nitrogens with two attached hydrogens (primary N) is 1. The number of carbonyl (C=O) groups excluding carboxylic acids is 1. The number of anilines is 1. The molecule has 0 spiro atoms. The molecule has 0 bridgehead atoms. The lowest BCUT2D eigenvalue weighted by atomic mass is 10.1. The Morgan fingerprint density at radius 1 is 1.05 bits per heavy atom. The van der Waals surface area contributed by atoms with Gasteiger partial charge in [-0.25, -0.2) is 4.39 Å². The second-order valence-corrected chi connectivity index (χ2v) is 4.63. The van der Waals surface area contributed by atoms with Crippen molar-refractivity contribution in [2.24, 2.45) is 5.73 Å². The molecule has 0 aromatic heterocycles. The first kappa shape index (κ1) is 14.2. The SMILES string of the molecule is CN(C(=O)Cc1ccc(F)cc1)c1ccc(CN)cc1. The van der Waals surface area contributed by atoms with Crippen LogP contribution in [0.15, 0.2) is 48.5 Å². The van der Waals surface area contributed by atoms with Crippen LogP contribution in [0.5, 0.6) is 0 Å². The van der Waals surface area contributed by atoms with Crippen LogP contribution < -0.4 is 10.6 Å². The van der Waals surface area contributed by atoms with Gasteiger partial charge >= 0.3 is 0 Å². The molecule has 20 heavy (non-hydrogen) atoms. The second kappa shape index (κ2) is 6.30. The van der Waals surface area contributed by atoms with Crippen LogP contribution in [0.25, 0.3) is 0 Å². The van der Waals surface area contributed by atoms with Crippen molar-refractivity contribution in [3.63, 3.8) is 0 Å². The molecule has 0 aliphatic carbocycles. The van der Waals surface area contributed by atoms with E-state index in [9.17, 15) is 9.18 Å². The van der Waals surface area contributed by atoms with Crippen LogP contribution in [-0.4, -0.2) is 13.0 Å². The summed E-state index contributed by atoms with van der Waals surface area (Å²) in [7, 11) is 1.73. The number of rotatable bonds is 4. The van der Waals surface area contributed by atoms with E-state index in [4.69, 9.17) is 5.73 Å². The standard InChI is InChI=1S/C16H17FN2O/c1-19(15-8-4-13(11-18)5-9-15)16(20)10-12-2-6-14(17)7-3-12/h2-9H,10-11,18H2,1H3. The Kier molecular flexibility index (Phi) is 4.48. The second-order valence-electron chi connectivity index (χ2n) is 4.63. The van der Waals surface area contributed by atoms with Gasteiger partial charge in [-0.15, -0.1) is 0 Å². The lowest BCUT2D eigenvalue weighted by Crippen LogP contribution is -2.27. The summed E-state index contributed by atoms with van der Waals surface area (Å²) >= 11 is 0. The van der Waals surface area contributed by atoms with Gasteiger partial charge < -0.3 is 10.6 Å². The summed E-state index contributed by atoms with van der Waals surface area (Å²) in [6, 6.07) is 13.5. The van der Waals surface area contributed by atoms with Crippen LogP contribution in [0, 0.1) is 5.82 Å². The predicted molar refractivity (Wildman–Crippen MR) is 77.8 cm³/mol. The minimum absolute atomic E-state index is 0.0443. The molecule has 0 fully saturated rings. The molecule has 2 aromatic rings. The zero-order chi connectivity index (χ0) is 14.5. The molecule has 104 valence electrons. The van der Waals surface area contributed by atoms with Gasteiger partial charge in [0, 0.05) is 19.3 Å². The lowest BCUT2D eigenvalue weighted by Gasteiger charge is -2.17. The van der Waals surface area contributed by atoms with Crippen LogP contribution >= 0.6 is 0 Å². The summed E-state index contributed by atoms with van der Waals surface area (Å²) in [4.78, 5) is 13.7. The van der Waals surface area contributed by atoms with E-state index in [1.54, 1.807) is 24.1 Å². The average molecular weight is 272 g/mol. The first-order chi connectivity index (χ1) is 9.60. The molecule has 0 aliphatic rings. The molecular formula is C16H17FN2O. The average Bonchev–Trinajstić information content (AvgIpc) is 2.49. The smallest absolute Gasteiger partial charge is 0.231 e. The van der Waals surface area contributed by atoms with Gasteiger partial charge in [-0.05, 0) is 35.4 Å². The maximum atomic E-state index is 12.8. The zero-order valence-electron chi connectivity index (χ0n) is 11.3. The van der Waals surface area contributed by atoms with Crippen LogP contribution in [0.2, 0.25) is 0 Å². The van der Waals surface area contributed by atoms with Crippen molar-refractivity contribution in [3.05, 3.63) is 65.5 Å². The fourth-order valence-electron chi connectivity index (χ4n) is 1.90. The number of nitrogens with zero attached hydrogens (tertiary/aromatic N) is 1. The number of carbonyl (C=O) groups is 1. The molecule has 3 nitrogen and oxygen atoms in total. The van der Waals surface area contributed by atoms with Crippen molar-refractivity contribution in [3.8, 4) is 0 Å². The Bertz CT molecular complexity index is 578. The number of halogens is 1. The van der Waals surface area contributed by atoms with Gasteiger partial charge in [-0.1, -0.05) is 24.3 Å². The van der Waals surface area contributed by atoms with Gasteiger partial charge in [0.2, 0.25) is 5.91 Å². The molecule has 0 heterocycles. The molecule has 0 aliphatic heterocycles. The third-order valence-electron chi connectivity index (χ3n) is 3.20. The summed E-state index contributed by atoms with van der Waals surface area (Å²) in [5.74, 6) is -0.343. The maximum absolute atomic E-state index is 12.8. The minimum Gasteiger partial charge on any atom is -0.326 e. The molecule has 1 amide bonds. The molecule has 2 N–H and O–H groups in total. The van der Waals surface area contributed by atoms with E-state index >= 15 is 0 Å². The van der Waals surface area contributed by atoms with E-state index in [0.717, 1.165) is 16.8 Å². The van der Waals surface area contributed by atoms with Gasteiger partial charge in [0.05, 0.1) is 6.42 Å². The summed E-state index contributed by atoms with van der Waals surface area (Å²) in [5, 5.41) is 0. The Balaban J connectivity index is 2.05. The van der Waals surface area contributed by atoms with Crippen LogP contribution in [-0.2, 0) is 17.8 Å². The number of hydrogen-bond donors (Lipinski definition) is 1.